The molecule has 0 saturated carbocycles. The van der Waals surface area contributed by atoms with Gasteiger partial charge in [-0.1, -0.05) is 17.7 Å². The number of hydrogen-bond acceptors (Lipinski definition) is 3. The Morgan fingerprint density at radius 1 is 1.50 bits per heavy atom. The van der Waals surface area contributed by atoms with E-state index in [0.717, 1.165) is 6.42 Å². The van der Waals surface area contributed by atoms with Crippen LogP contribution in [0.15, 0.2) is 18.2 Å². The lowest BCUT2D eigenvalue weighted by atomic mass is 9.94. The maximum absolute atomic E-state index is 13.8. The molecule has 3 nitrogen and oxygen atoms in total. The van der Waals surface area contributed by atoms with Gasteiger partial charge in [-0.15, -0.1) is 0 Å². The summed E-state index contributed by atoms with van der Waals surface area (Å²) in [5.41, 5.74) is 0.606. The van der Waals surface area contributed by atoms with Crippen LogP contribution in [0.25, 0.3) is 0 Å². The first-order valence-electron chi connectivity index (χ1n) is 6.71. The van der Waals surface area contributed by atoms with Crippen molar-refractivity contribution in [3.05, 3.63) is 34.6 Å². The van der Waals surface area contributed by atoms with Crippen LogP contribution in [0.3, 0.4) is 0 Å². The molecule has 0 bridgehead atoms. The molecule has 0 aliphatic carbocycles. The zero-order valence-corrected chi connectivity index (χ0v) is 13.0. The molecule has 0 spiro atoms. The quantitative estimate of drug-likeness (QED) is 0.906. The number of rotatable bonds is 5. The Bertz CT molecular complexity index is 577. The monoisotopic (exact) mass is 319 g/mol. The Balaban J connectivity index is 1.99. The fraction of sp³-hybridized carbons (Fsp3) is 0.571. The van der Waals surface area contributed by atoms with E-state index in [4.69, 9.17) is 11.6 Å². The van der Waals surface area contributed by atoms with E-state index in [9.17, 15) is 12.8 Å². The molecule has 1 aliphatic rings. The summed E-state index contributed by atoms with van der Waals surface area (Å²) in [5.74, 6) is 0.405. The van der Waals surface area contributed by atoms with Crippen molar-refractivity contribution in [1.82, 2.24) is 5.32 Å². The molecule has 0 radical (unpaired) electrons. The SMILES string of the molecule is CNC(Cc1ccc(Cl)cc1F)CC1CCS(=O)(=O)C1. The standard InChI is InChI=1S/C14H19ClFNO2S/c1-17-13(6-10-4-5-20(18,19)9-10)7-11-2-3-12(15)8-14(11)16/h2-3,8,10,13,17H,4-7,9H2,1H3. The topological polar surface area (TPSA) is 46.2 Å². The Kier molecular flexibility index (Phi) is 5.04. The summed E-state index contributed by atoms with van der Waals surface area (Å²) in [6.07, 6.45) is 2.00. The highest BCUT2D eigenvalue weighted by atomic mass is 35.5. The fourth-order valence-corrected chi connectivity index (χ4v) is 4.76. The van der Waals surface area contributed by atoms with Crippen LogP contribution in [0.5, 0.6) is 0 Å². The summed E-state index contributed by atoms with van der Waals surface area (Å²) in [4.78, 5) is 0. The largest absolute Gasteiger partial charge is 0.317 e. The van der Waals surface area contributed by atoms with E-state index in [0.29, 0.717) is 23.4 Å². The van der Waals surface area contributed by atoms with Gasteiger partial charge < -0.3 is 5.32 Å². The van der Waals surface area contributed by atoms with Gasteiger partial charge in [-0.25, -0.2) is 12.8 Å². The normalized spacial score (nSPS) is 22.9. The molecule has 1 aromatic carbocycles. The molecule has 1 fully saturated rings. The van der Waals surface area contributed by atoms with Crippen molar-refractivity contribution in [2.45, 2.75) is 25.3 Å². The van der Waals surface area contributed by atoms with Crippen LogP contribution in [0.1, 0.15) is 18.4 Å². The molecule has 0 amide bonds. The van der Waals surface area contributed by atoms with E-state index in [1.165, 1.54) is 6.07 Å². The van der Waals surface area contributed by atoms with Gasteiger partial charge in [0.15, 0.2) is 9.84 Å². The van der Waals surface area contributed by atoms with Gasteiger partial charge in [0.1, 0.15) is 5.82 Å². The summed E-state index contributed by atoms with van der Waals surface area (Å²) in [5, 5.41) is 3.54. The minimum Gasteiger partial charge on any atom is -0.317 e. The van der Waals surface area contributed by atoms with Gasteiger partial charge in [0.05, 0.1) is 11.5 Å². The lowest BCUT2D eigenvalue weighted by molar-refractivity contribution is 0.419. The van der Waals surface area contributed by atoms with Gasteiger partial charge in [0.2, 0.25) is 0 Å². The van der Waals surface area contributed by atoms with Crippen LogP contribution in [0.2, 0.25) is 5.02 Å². The molecule has 2 unspecified atom stereocenters. The van der Waals surface area contributed by atoms with Crippen molar-refractivity contribution in [2.24, 2.45) is 5.92 Å². The summed E-state index contributed by atoms with van der Waals surface area (Å²) in [6.45, 7) is 0. The third-order valence-corrected chi connectivity index (χ3v) is 5.91. The van der Waals surface area contributed by atoms with Crippen molar-refractivity contribution in [3.8, 4) is 0 Å². The van der Waals surface area contributed by atoms with Crippen molar-refractivity contribution < 1.29 is 12.8 Å². The molecule has 6 heteroatoms. The zero-order valence-electron chi connectivity index (χ0n) is 11.4. The fourth-order valence-electron chi connectivity index (χ4n) is 2.72. The molecule has 112 valence electrons. The molecule has 20 heavy (non-hydrogen) atoms. The summed E-state index contributed by atoms with van der Waals surface area (Å²) in [7, 11) is -1.03. The van der Waals surface area contributed by atoms with Gasteiger partial charge in [0.25, 0.3) is 0 Å². The second-order valence-electron chi connectivity index (χ2n) is 5.43. The molecule has 1 saturated heterocycles. The van der Waals surface area contributed by atoms with E-state index in [2.05, 4.69) is 5.32 Å². The molecule has 2 rings (SSSR count). The first-order valence-corrected chi connectivity index (χ1v) is 8.91. The van der Waals surface area contributed by atoms with Crippen molar-refractivity contribution >= 4 is 21.4 Å². The predicted octanol–water partition coefficient (Wildman–Crippen LogP) is 2.43. The smallest absolute Gasteiger partial charge is 0.150 e. The highest BCUT2D eigenvalue weighted by molar-refractivity contribution is 7.91. The summed E-state index contributed by atoms with van der Waals surface area (Å²) >= 11 is 5.73. The van der Waals surface area contributed by atoms with Gasteiger partial charge in [-0.2, -0.15) is 0 Å². The van der Waals surface area contributed by atoms with E-state index in [1.807, 2.05) is 7.05 Å². The predicted molar refractivity (Wildman–Crippen MR) is 79.3 cm³/mol. The van der Waals surface area contributed by atoms with Crippen LogP contribution in [-0.2, 0) is 16.3 Å². The molecule has 1 aliphatic heterocycles. The lowest BCUT2D eigenvalue weighted by Gasteiger charge is -2.20. The Morgan fingerprint density at radius 2 is 2.25 bits per heavy atom. The molecule has 0 aromatic heterocycles. The van der Waals surface area contributed by atoms with E-state index in [1.54, 1.807) is 12.1 Å². The Hall–Kier alpha value is -0.650. The van der Waals surface area contributed by atoms with Crippen LogP contribution in [-0.4, -0.2) is 33.0 Å². The number of sulfone groups is 1. The second kappa shape index (κ2) is 6.41. The van der Waals surface area contributed by atoms with Gasteiger partial charge in [-0.3, -0.25) is 0 Å². The van der Waals surface area contributed by atoms with Crippen LogP contribution >= 0.6 is 11.6 Å². The Morgan fingerprint density at radius 3 is 2.80 bits per heavy atom. The molecule has 2 atom stereocenters. The Labute approximate surface area is 124 Å². The summed E-state index contributed by atoms with van der Waals surface area (Å²) in [6, 6.07) is 4.74. The highest BCUT2D eigenvalue weighted by Gasteiger charge is 2.29. The average Bonchev–Trinajstić information content (AvgIpc) is 2.71. The number of benzene rings is 1. The zero-order chi connectivity index (χ0) is 14.8. The van der Waals surface area contributed by atoms with Crippen LogP contribution < -0.4 is 5.32 Å². The average molecular weight is 320 g/mol. The number of nitrogens with one attached hydrogen (secondary N) is 1. The van der Waals surface area contributed by atoms with Crippen LogP contribution in [0.4, 0.5) is 4.39 Å². The molecule has 1 N–H and O–H groups in total. The molecule has 1 heterocycles. The van der Waals surface area contributed by atoms with Gasteiger partial charge in [0, 0.05) is 11.1 Å². The third-order valence-electron chi connectivity index (χ3n) is 3.83. The minimum absolute atomic E-state index is 0.0731. The van der Waals surface area contributed by atoms with Crippen molar-refractivity contribution in [1.29, 1.82) is 0 Å². The van der Waals surface area contributed by atoms with E-state index < -0.39 is 9.84 Å². The highest BCUT2D eigenvalue weighted by Crippen LogP contribution is 2.25. The number of likely N-dealkylation sites (N-methyl/N-ethyl adjacent to an activating group) is 1. The molecular weight excluding hydrogens is 301 g/mol. The lowest BCUT2D eigenvalue weighted by Crippen LogP contribution is -2.30. The second-order valence-corrected chi connectivity index (χ2v) is 8.10. The molecule has 1 aromatic rings. The first kappa shape index (κ1) is 15.7. The third kappa shape index (κ3) is 4.17. The number of halogens is 2. The summed E-state index contributed by atoms with van der Waals surface area (Å²) < 4.78 is 36.7. The van der Waals surface area contributed by atoms with Crippen molar-refractivity contribution in [3.63, 3.8) is 0 Å². The van der Waals surface area contributed by atoms with Gasteiger partial charge >= 0.3 is 0 Å². The van der Waals surface area contributed by atoms with E-state index >= 15 is 0 Å². The minimum atomic E-state index is -2.86. The number of hydrogen-bond donors (Lipinski definition) is 1. The van der Waals surface area contributed by atoms with Crippen LogP contribution in [0, 0.1) is 11.7 Å². The maximum Gasteiger partial charge on any atom is 0.150 e. The van der Waals surface area contributed by atoms with E-state index in [-0.39, 0.29) is 29.3 Å². The maximum atomic E-state index is 13.8. The first-order chi connectivity index (χ1) is 9.39. The molecular formula is C14H19ClFNO2S. The van der Waals surface area contributed by atoms with Crippen molar-refractivity contribution in [2.75, 3.05) is 18.6 Å². The van der Waals surface area contributed by atoms with Gasteiger partial charge in [-0.05, 0) is 49.9 Å².